The Kier molecular flexibility index (Phi) is 4.73. The summed E-state index contributed by atoms with van der Waals surface area (Å²) < 4.78 is 26.6. The molecule has 0 saturated carbocycles. The highest BCUT2D eigenvalue weighted by Crippen LogP contribution is 2.33. The van der Waals surface area contributed by atoms with Gasteiger partial charge in [0, 0.05) is 5.75 Å². The van der Waals surface area contributed by atoms with E-state index in [-0.39, 0.29) is 18.2 Å². The molecular weight excluding hydrogens is 411 g/mol. The lowest BCUT2D eigenvalue weighted by molar-refractivity contribution is 0.174. The van der Waals surface area contributed by atoms with E-state index in [1.165, 1.54) is 35.2 Å². The second-order valence-electron chi connectivity index (χ2n) is 6.53. The molecule has 0 bridgehead atoms. The van der Waals surface area contributed by atoms with E-state index in [2.05, 4.69) is 4.98 Å². The average Bonchev–Trinajstić information content (AvgIpc) is 3.37. The zero-order valence-corrected chi connectivity index (χ0v) is 16.8. The number of hydrogen-bond acceptors (Lipinski definition) is 6. The molecule has 5 nitrogen and oxygen atoms in total. The van der Waals surface area contributed by atoms with Crippen LogP contribution in [0.1, 0.15) is 11.1 Å². The predicted octanol–water partition coefficient (Wildman–Crippen LogP) is 4.67. The molecule has 0 unspecified atom stereocenters. The molecule has 4 aromatic rings. The van der Waals surface area contributed by atoms with Gasteiger partial charge in [-0.2, -0.15) is 0 Å². The SMILES string of the molecule is O=c1c2sccc2nc(SCc2cccc(F)c2)n1Cc1ccc2c(c1)OCO2. The minimum atomic E-state index is -0.276. The highest BCUT2D eigenvalue weighted by Gasteiger charge is 2.17. The van der Waals surface area contributed by atoms with Crippen molar-refractivity contribution in [3.8, 4) is 11.5 Å². The molecule has 0 aliphatic carbocycles. The van der Waals surface area contributed by atoms with Gasteiger partial charge in [0.1, 0.15) is 10.5 Å². The summed E-state index contributed by atoms with van der Waals surface area (Å²) in [7, 11) is 0. The molecule has 2 aromatic carbocycles. The van der Waals surface area contributed by atoms with Gasteiger partial charge in [-0.3, -0.25) is 9.36 Å². The normalized spacial score (nSPS) is 12.6. The molecule has 0 saturated heterocycles. The van der Waals surface area contributed by atoms with Gasteiger partial charge in [0.2, 0.25) is 6.79 Å². The molecule has 8 heteroatoms. The maximum Gasteiger partial charge on any atom is 0.272 e. The average molecular weight is 426 g/mol. The number of hydrogen-bond donors (Lipinski definition) is 0. The van der Waals surface area contributed by atoms with Crippen molar-refractivity contribution in [2.45, 2.75) is 17.5 Å². The lowest BCUT2D eigenvalue weighted by Gasteiger charge is -2.12. The third kappa shape index (κ3) is 3.61. The molecule has 146 valence electrons. The monoisotopic (exact) mass is 426 g/mol. The molecule has 3 heterocycles. The Morgan fingerprint density at radius 2 is 2.00 bits per heavy atom. The molecule has 0 radical (unpaired) electrons. The number of ether oxygens (including phenoxy) is 2. The maximum absolute atomic E-state index is 13.5. The zero-order chi connectivity index (χ0) is 19.8. The summed E-state index contributed by atoms with van der Waals surface area (Å²) in [5.41, 5.74) is 2.36. The van der Waals surface area contributed by atoms with Crippen LogP contribution in [0.15, 0.2) is 63.9 Å². The predicted molar refractivity (Wildman–Crippen MR) is 112 cm³/mol. The lowest BCUT2D eigenvalue weighted by Crippen LogP contribution is -2.23. The first-order valence-corrected chi connectivity index (χ1v) is 10.8. The highest BCUT2D eigenvalue weighted by atomic mass is 32.2. The van der Waals surface area contributed by atoms with Gasteiger partial charge >= 0.3 is 0 Å². The topological polar surface area (TPSA) is 53.4 Å². The molecule has 29 heavy (non-hydrogen) atoms. The van der Waals surface area contributed by atoms with Crippen LogP contribution in [0.2, 0.25) is 0 Å². The molecule has 0 spiro atoms. The smallest absolute Gasteiger partial charge is 0.272 e. The second-order valence-corrected chi connectivity index (χ2v) is 8.39. The van der Waals surface area contributed by atoms with Crippen molar-refractivity contribution in [1.29, 1.82) is 0 Å². The largest absolute Gasteiger partial charge is 0.454 e. The van der Waals surface area contributed by atoms with E-state index in [1.807, 2.05) is 35.7 Å². The van der Waals surface area contributed by atoms with E-state index >= 15 is 0 Å². The number of thiophene rings is 1. The standard InChI is InChI=1S/C21H15FN2O3S2/c22-15-3-1-2-14(8-15)11-29-21-23-16-6-7-28-19(16)20(25)24(21)10-13-4-5-17-18(9-13)27-12-26-17/h1-9H,10-12H2. The van der Waals surface area contributed by atoms with Crippen molar-refractivity contribution >= 4 is 33.3 Å². The Balaban J connectivity index is 1.51. The summed E-state index contributed by atoms with van der Waals surface area (Å²) in [6.07, 6.45) is 0. The van der Waals surface area contributed by atoms with Crippen LogP contribution in [0.3, 0.4) is 0 Å². The van der Waals surface area contributed by atoms with Crippen LogP contribution in [0, 0.1) is 5.82 Å². The number of aromatic nitrogens is 2. The first-order chi connectivity index (χ1) is 14.2. The fourth-order valence-electron chi connectivity index (χ4n) is 3.17. The molecule has 2 aromatic heterocycles. The number of benzene rings is 2. The summed E-state index contributed by atoms with van der Waals surface area (Å²) in [6.45, 7) is 0.567. The van der Waals surface area contributed by atoms with Gasteiger partial charge in [-0.25, -0.2) is 9.37 Å². The third-order valence-corrected chi connectivity index (χ3v) is 6.50. The van der Waals surface area contributed by atoms with Crippen molar-refractivity contribution in [3.63, 3.8) is 0 Å². The van der Waals surface area contributed by atoms with Crippen LogP contribution < -0.4 is 15.0 Å². The molecule has 1 aliphatic rings. The van der Waals surface area contributed by atoms with E-state index in [1.54, 1.807) is 10.6 Å². The summed E-state index contributed by atoms with van der Waals surface area (Å²) in [6, 6.07) is 13.9. The Labute approximate surface area is 173 Å². The molecule has 1 aliphatic heterocycles. The first kappa shape index (κ1) is 18.2. The van der Waals surface area contributed by atoms with Crippen LogP contribution >= 0.6 is 23.1 Å². The van der Waals surface area contributed by atoms with E-state index in [4.69, 9.17) is 9.47 Å². The van der Waals surface area contributed by atoms with Gasteiger partial charge in [0.25, 0.3) is 5.56 Å². The molecule has 5 rings (SSSR count). The maximum atomic E-state index is 13.5. The molecule has 0 fully saturated rings. The van der Waals surface area contributed by atoms with Crippen molar-refractivity contribution in [3.05, 3.63) is 81.2 Å². The van der Waals surface area contributed by atoms with Crippen molar-refractivity contribution < 1.29 is 13.9 Å². The Morgan fingerprint density at radius 3 is 2.90 bits per heavy atom. The fourth-order valence-corrected chi connectivity index (χ4v) is 4.89. The van der Waals surface area contributed by atoms with Gasteiger partial charge in [0.05, 0.1) is 12.1 Å². The third-order valence-electron chi connectivity index (χ3n) is 4.57. The Morgan fingerprint density at radius 1 is 1.10 bits per heavy atom. The van der Waals surface area contributed by atoms with E-state index in [0.717, 1.165) is 11.1 Å². The van der Waals surface area contributed by atoms with E-state index in [9.17, 15) is 9.18 Å². The fraction of sp³-hybridized carbons (Fsp3) is 0.143. The van der Waals surface area contributed by atoms with Crippen LogP contribution in [0.25, 0.3) is 10.2 Å². The minimum Gasteiger partial charge on any atom is -0.454 e. The van der Waals surface area contributed by atoms with Crippen molar-refractivity contribution in [2.24, 2.45) is 0 Å². The number of nitrogens with zero attached hydrogens (tertiary/aromatic N) is 2. The molecule has 0 atom stereocenters. The van der Waals surface area contributed by atoms with Gasteiger partial charge < -0.3 is 9.47 Å². The zero-order valence-electron chi connectivity index (χ0n) is 15.1. The van der Waals surface area contributed by atoms with Gasteiger partial charge in [-0.05, 0) is 46.8 Å². The van der Waals surface area contributed by atoms with Crippen molar-refractivity contribution in [2.75, 3.05) is 6.79 Å². The summed E-state index contributed by atoms with van der Waals surface area (Å²) in [4.78, 5) is 17.8. The first-order valence-electron chi connectivity index (χ1n) is 8.91. The van der Waals surface area contributed by atoms with Gasteiger partial charge in [-0.15, -0.1) is 11.3 Å². The highest BCUT2D eigenvalue weighted by molar-refractivity contribution is 7.98. The number of thioether (sulfide) groups is 1. The number of rotatable bonds is 5. The number of fused-ring (bicyclic) bond motifs is 2. The molecule has 0 amide bonds. The lowest BCUT2D eigenvalue weighted by atomic mass is 10.2. The van der Waals surface area contributed by atoms with Crippen LogP contribution in [-0.2, 0) is 12.3 Å². The summed E-state index contributed by atoms with van der Waals surface area (Å²) >= 11 is 2.80. The molecular formula is C21H15FN2O3S2. The quantitative estimate of drug-likeness (QED) is 0.343. The van der Waals surface area contributed by atoms with Crippen LogP contribution in [0.4, 0.5) is 4.39 Å². The molecule has 0 N–H and O–H groups in total. The number of halogens is 1. The van der Waals surface area contributed by atoms with Gasteiger partial charge in [0.15, 0.2) is 16.7 Å². The second kappa shape index (κ2) is 7.53. The van der Waals surface area contributed by atoms with Crippen LogP contribution in [0.5, 0.6) is 11.5 Å². The van der Waals surface area contributed by atoms with E-state index in [0.29, 0.717) is 39.2 Å². The van der Waals surface area contributed by atoms with Gasteiger partial charge in [-0.1, -0.05) is 30.0 Å². The van der Waals surface area contributed by atoms with Crippen LogP contribution in [-0.4, -0.2) is 16.3 Å². The Bertz CT molecular complexity index is 1270. The van der Waals surface area contributed by atoms with Crippen molar-refractivity contribution in [1.82, 2.24) is 9.55 Å². The van der Waals surface area contributed by atoms with E-state index < -0.39 is 0 Å². The summed E-state index contributed by atoms with van der Waals surface area (Å²) in [5.74, 6) is 1.62. The summed E-state index contributed by atoms with van der Waals surface area (Å²) in [5, 5.41) is 2.47. The Hall–Kier alpha value is -2.84. The minimum absolute atomic E-state index is 0.0793.